The number of nitrogens with zero attached hydrogens (tertiary/aromatic N) is 2. The average Bonchev–Trinajstić information content (AvgIpc) is 3.61. The van der Waals surface area contributed by atoms with E-state index in [4.69, 9.17) is 9.97 Å². The summed E-state index contributed by atoms with van der Waals surface area (Å²) < 4.78 is 2.58. The third-order valence-electron chi connectivity index (χ3n) is 11.6. The van der Waals surface area contributed by atoms with Crippen LogP contribution >= 0.6 is 11.3 Å². The molecule has 1 N–H and O–H groups in total. The number of hydrogen-bond acceptors (Lipinski definition) is 4. The van der Waals surface area contributed by atoms with Crippen molar-refractivity contribution in [2.45, 2.75) is 66.2 Å². The molecule has 9 rings (SSSR count). The lowest BCUT2D eigenvalue weighted by molar-refractivity contribution is 0.477. The van der Waals surface area contributed by atoms with Crippen LogP contribution in [0.3, 0.4) is 0 Å². The fourth-order valence-electron chi connectivity index (χ4n) is 8.18. The summed E-state index contributed by atoms with van der Waals surface area (Å²) in [5.74, 6) is 0.197. The van der Waals surface area contributed by atoms with Crippen LogP contribution in [0.1, 0.15) is 63.9 Å². The molecule has 0 unspecified atom stereocenters. The van der Waals surface area contributed by atoms with Crippen molar-refractivity contribution in [3.63, 3.8) is 0 Å². The van der Waals surface area contributed by atoms with Crippen molar-refractivity contribution in [3.05, 3.63) is 174 Å². The lowest BCUT2D eigenvalue weighted by Crippen LogP contribution is -2.16. The molecular weight excluding hydrogens is 749 g/mol. The number of aromatic nitrogens is 2. The number of phenols is 1. The monoisotopic (exact) mass is 798 g/mol. The van der Waals surface area contributed by atoms with E-state index in [2.05, 4.69) is 195 Å². The molecule has 0 aliphatic carbocycles. The Labute approximate surface area is 358 Å². The van der Waals surface area contributed by atoms with Crippen molar-refractivity contribution < 1.29 is 5.11 Å². The molecule has 0 saturated carbocycles. The molecular formula is C56H50N2OS. The fourth-order valence-corrected chi connectivity index (χ4v) is 9.42. The molecule has 4 heteroatoms. The zero-order valence-corrected chi connectivity index (χ0v) is 36.5. The Bertz CT molecular complexity index is 3070. The number of phenolic OH excluding ortho intramolecular Hbond substituents is 1. The van der Waals surface area contributed by atoms with Crippen molar-refractivity contribution in [3.8, 4) is 72.9 Å². The molecule has 6 aromatic carbocycles. The molecule has 3 nitrogen and oxygen atoms in total. The molecule has 296 valence electrons. The summed E-state index contributed by atoms with van der Waals surface area (Å²) >= 11 is 1.85. The highest BCUT2D eigenvalue weighted by molar-refractivity contribution is 7.26. The summed E-state index contributed by atoms with van der Waals surface area (Å²) in [4.78, 5) is 10.4. The Morgan fingerprint density at radius 2 is 1.03 bits per heavy atom. The van der Waals surface area contributed by atoms with Crippen molar-refractivity contribution in [2.75, 3.05) is 0 Å². The van der Waals surface area contributed by atoms with E-state index in [1.807, 2.05) is 23.5 Å². The number of fused-ring (bicyclic) bond motifs is 3. The molecule has 0 aliphatic heterocycles. The normalized spacial score (nSPS) is 12.1. The first-order valence-corrected chi connectivity index (χ1v) is 21.6. The highest BCUT2D eigenvalue weighted by Crippen LogP contribution is 2.42. The maximum Gasteiger partial charge on any atom is 0.125 e. The van der Waals surface area contributed by atoms with E-state index in [0.29, 0.717) is 11.3 Å². The van der Waals surface area contributed by atoms with Gasteiger partial charge in [0.15, 0.2) is 0 Å². The van der Waals surface area contributed by atoms with Gasteiger partial charge in [-0.15, -0.1) is 11.3 Å². The summed E-state index contributed by atoms with van der Waals surface area (Å²) in [5.41, 5.74) is 16.3. The lowest BCUT2D eigenvalue weighted by atomic mass is 9.79. The van der Waals surface area contributed by atoms with Crippen LogP contribution in [0, 0.1) is 13.8 Å². The topological polar surface area (TPSA) is 46.0 Å². The van der Waals surface area contributed by atoms with Crippen LogP contribution in [0.25, 0.3) is 87.3 Å². The van der Waals surface area contributed by atoms with Crippen molar-refractivity contribution in [1.82, 2.24) is 9.97 Å². The Kier molecular flexibility index (Phi) is 9.80. The first-order valence-electron chi connectivity index (χ1n) is 20.8. The minimum atomic E-state index is -0.0465. The van der Waals surface area contributed by atoms with Crippen molar-refractivity contribution >= 4 is 31.5 Å². The first kappa shape index (κ1) is 39.1. The molecule has 0 aliphatic rings. The average molecular weight is 799 g/mol. The molecule has 9 aromatic rings. The summed E-state index contributed by atoms with van der Waals surface area (Å²) in [5, 5.41) is 14.3. The molecule has 0 atom stereocenters. The standard InChI is InChI=1S/C56H50N2OS/c1-34-14-11-15-36(24-34)37-22-23-48(52(59)32-37)51-30-41(40-27-43(55(3,4)5)33-44(28-40)56(6,7)8)29-50(58-51)39-17-12-16-38(26-39)49-31-42(25-35(2)57-49)45-19-13-20-47-46-18-9-10-21-53(46)60-54(45)47/h9-33,59H,1-8H3. The van der Waals surface area contributed by atoms with Crippen LogP contribution in [0.2, 0.25) is 0 Å². The van der Waals surface area contributed by atoms with Crippen LogP contribution in [0.4, 0.5) is 0 Å². The second-order valence-electron chi connectivity index (χ2n) is 18.3. The number of thiophene rings is 1. The number of benzene rings is 6. The van der Waals surface area contributed by atoms with E-state index in [1.54, 1.807) is 0 Å². The van der Waals surface area contributed by atoms with Gasteiger partial charge in [-0.2, -0.15) is 0 Å². The van der Waals surface area contributed by atoms with Crippen molar-refractivity contribution in [2.24, 2.45) is 0 Å². The van der Waals surface area contributed by atoms with Crippen LogP contribution in [0.15, 0.2) is 152 Å². The maximum atomic E-state index is 11.7. The van der Waals surface area contributed by atoms with Gasteiger partial charge in [-0.3, -0.25) is 4.98 Å². The summed E-state index contributed by atoms with van der Waals surface area (Å²) in [7, 11) is 0. The Balaban J connectivity index is 1.19. The number of aromatic hydroxyl groups is 1. The molecule has 3 heterocycles. The van der Waals surface area contributed by atoms with Gasteiger partial charge >= 0.3 is 0 Å². The van der Waals surface area contributed by atoms with Crippen LogP contribution < -0.4 is 0 Å². The molecule has 0 radical (unpaired) electrons. The smallest absolute Gasteiger partial charge is 0.125 e. The van der Waals surface area contributed by atoms with Gasteiger partial charge in [0.1, 0.15) is 5.75 Å². The molecule has 0 saturated heterocycles. The summed E-state index contributed by atoms with van der Waals surface area (Å²) in [6.45, 7) is 17.8. The third kappa shape index (κ3) is 7.64. The second kappa shape index (κ2) is 15.0. The van der Waals surface area contributed by atoms with Gasteiger partial charge in [-0.1, -0.05) is 150 Å². The first-order chi connectivity index (χ1) is 28.7. The molecule has 60 heavy (non-hydrogen) atoms. The van der Waals surface area contributed by atoms with E-state index in [1.165, 1.54) is 42.4 Å². The van der Waals surface area contributed by atoms with Gasteiger partial charge in [-0.05, 0) is 118 Å². The highest BCUT2D eigenvalue weighted by atomic mass is 32.1. The quantitative estimate of drug-likeness (QED) is 0.182. The van der Waals surface area contributed by atoms with Gasteiger partial charge < -0.3 is 5.11 Å². The Morgan fingerprint density at radius 3 is 1.75 bits per heavy atom. The summed E-state index contributed by atoms with van der Waals surface area (Å²) in [6, 6.07) is 53.9. The molecule has 0 fully saturated rings. The van der Waals surface area contributed by atoms with E-state index in [0.717, 1.165) is 56.0 Å². The zero-order chi connectivity index (χ0) is 41.9. The largest absolute Gasteiger partial charge is 0.507 e. The van der Waals surface area contributed by atoms with E-state index in [9.17, 15) is 5.11 Å². The zero-order valence-electron chi connectivity index (χ0n) is 35.7. The number of rotatable bonds is 6. The predicted octanol–water partition coefficient (Wildman–Crippen LogP) is 15.8. The SMILES string of the molecule is Cc1cccc(-c2ccc(-c3cc(-c4cc(C(C)(C)C)cc(C(C)(C)C)c4)cc(-c4cccc(-c5cc(-c6cccc7c6sc6ccccc67)cc(C)n5)c4)n3)c(O)c2)c1. The highest BCUT2D eigenvalue weighted by Gasteiger charge is 2.22. The van der Waals surface area contributed by atoms with E-state index < -0.39 is 0 Å². The number of aryl methyl sites for hydroxylation is 2. The van der Waals surface area contributed by atoms with Gasteiger partial charge in [0.2, 0.25) is 0 Å². The number of pyridine rings is 2. The van der Waals surface area contributed by atoms with Gasteiger partial charge in [-0.25, -0.2) is 4.98 Å². The van der Waals surface area contributed by atoms with Crippen LogP contribution in [-0.4, -0.2) is 15.1 Å². The molecule has 3 aromatic heterocycles. The molecule has 0 spiro atoms. The van der Waals surface area contributed by atoms with Gasteiger partial charge in [0.05, 0.1) is 17.1 Å². The number of hydrogen-bond donors (Lipinski definition) is 1. The fraction of sp³-hybridized carbons (Fsp3) is 0.179. The van der Waals surface area contributed by atoms with Crippen LogP contribution in [0.5, 0.6) is 5.75 Å². The molecule has 0 amide bonds. The summed E-state index contributed by atoms with van der Waals surface area (Å²) in [6.07, 6.45) is 0. The predicted molar refractivity (Wildman–Crippen MR) is 256 cm³/mol. The van der Waals surface area contributed by atoms with E-state index >= 15 is 0 Å². The minimum Gasteiger partial charge on any atom is -0.507 e. The van der Waals surface area contributed by atoms with Gasteiger partial charge in [0, 0.05) is 42.6 Å². The Morgan fingerprint density at radius 1 is 0.433 bits per heavy atom. The second-order valence-corrected chi connectivity index (χ2v) is 19.3. The van der Waals surface area contributed by atoms with Gasteiger partial charge in [0.25, 0.3) is 0 Å². The Hall–Kier alpha value is -6.36. The van der Waals surface area contributed by atoms with Crippen LogP contribution in [-0.2, 0) is 10.8 Å². The van der Waals surface area contributed by atoms with Crippen molar-refractivity contribution in [1.29, 1.82) is 0 Å². The third-order valence-corrected chi connectivity index (χ3v) is 12.8. The molecule has 0 bridgehead atoms. The minimum absolute atomic E-state index is 0.0465. The lowest BCUT2D eigenvalue weighted by Gasteiger charge is -2.26. The van der Waals surface area contributed by atoms with E-state index in [-0.39, 0.29) is 16.6 Å². The maximum absolute atomic E-state index is 11.7.